The fourth-order valence-corrected chi connectivity index (χ4v) is 2.32. The molecule has 1 heterocycles. The first-order valence-corrected chi connectivity index (χ1v) is 6.39. The lowest BCUT2D eigenvalue weighted by Gasteiger charge is -2.37. The van der Waals surface area contributed by atoms with Gasteiger partial charge in [-0.1, -0.05) is 13.8 Å². The molecule has 0 amide bonds. The number of halogens is 1. The van der Waals surface area contributed by atoms with Gasteiger partial charge in [0.15, 0.2) is 0 Å². The zero-order valence-electron chi connectivity index (χ0n) is 9.28. The van der Waals surface area contributed by atoms with Crippen LogP contribution >= 0.6 is 15.9 Å². The first kappa shape index (κ1) is 11.1. The van der Waals surface area contributed by atoms with E-state index < -0.39 is 0 Å². The van der Waals surface area contributed by atoms with E-state index in [2.05, 4.69) is 51.1 Å². The van der Waals surface area contributed by atoms with E-state index in [1.54, 1.807) is 0 Å². The van der Waals surface area contributed by atoms with Crippen LogP contribution in [-0.4, -0.2) is 22.4 Å². The summed E-state index contributed by atoms with van der Waals surface area (Å²) in [5, 5.41) is 7.86. The van der Waals surface area contributed by atoms with Crippen molar-refractivity contribution in [2.24, 2.45) is 5.92 Å². The molecule has 1 saturated carbocycles. The van der Waals surface area contributed by atoms with Gasteiger partial charge in [0.2, 0.25) is 0 Å². The van der Waals surface area contributed by atoms with E-state index in [0.717, 1.165) is 16.9 Å². The van der Waals surface area contributed by atoms with E-state index in [-0.39, 0.29) is 0 Å². The largest absolute Gasteiger partial charge is 0.314 e. The zero-order chi connectivity index (χ0) is 10.8. The van der Waals surface area contributed by atoms with Crippen molar-refractivity contribution >= 4 is 15.9 Å². The minimum atomic E-state index is 0.579. The van der Waals surface area contributed by atoms with Gasteiger partial charge >= 0.3 is 0 Å². The molecule has 1 aliphatic rings. The highest BCUT2D eigenvalue weighted by Gasteiger charge is 2.32. The highest BCUT2D eigenvalue weighted by molar-refractivity contribution is 9.10. The predicted octanol–water partition coefficient (Wildman–Crippen LogP) is 2.59. The standard InChI is InChI=1S/C11H18BrN3/c1-8(2)13-5-9-3-4-11(9)15-7-10(12)6-14-15/h6-9,11,13H,3-5H2,1-2H3. The fraction of sp³-hybridized carbons (Fsp3) is 0.727. The van der Waals surface area contributed by atoms with Crippen molar-refractivity contribution in [3.8, 4) is 0 Å². The summed E-state index contributed by atoms with van der Waals surface area (Å²) in [6.07, 6.45) is 6.53. The number of nitrogens with one attached hydrogen (secondary N) is 1. The molecule has 1 N–H and O–H groups in total. The average molecular weight is 272 g/mol. The molecule has 0 aliphatic heterocycles. The van der Waals surface area contributed by atoms with Crippen molar-refractivity contribution < 1.29 is 0 Å². The molecule has 0 spiro atoms. The van der Waals surface area contributed by atoms with Gasteiger partial charge in [0.25, 0.3) is 0 Å². The molecule has 2 rings (SSSR count). The molecule has 15 heavy (non-hydrogen) atoms. The van der Waals surface area contributed by atoms with Crippen molar-refractivity contribution in [1.82, 2.24) is 15.1 Å². The molecule has 4 heteroatoms. The molecule has 0 saturated heterocycles. The number of hydrogen-bond acceptors (Lipinski definition) is 2. The molecule has 3 nitrogen and oxygen atoms in total. The van der Waals surface area contributed by atoms with E-state index in [0.29, 0.717) is 12.1 Å². The van der Waals surface area contributed by atoms with E-state index in [1.165, 1.54) is 12.8 Å². The van der Waals surface area contributed by atoms with Gasteiger partial charge in [-0.25, -0.2) is 0 Å². The SMILES string of the molecule is CC(C)NCC1CCC1n1cc(Br)cn1. The van der Waals surface area contributed by atoms with Crippen LogP contribution in [0.2, 0.25) is 0 Å². The van der Waals surface area contributed by atoms with Crippen LogP contribution < -0.4 is 5.32 Å². The molecule has 0 bridgehead atoms. The minimum absolute atomic E-state index is 0.579. The van der Waals surface area contributed by atoms with Crippen LogP contribution in [0.3, 0.4) is 0 Å². The van der Waals surface area contributed by atoms with Gasteiger partial charge in [-0.15, -0.1) is 0 Å². The maximum Gasteiger partial charge on any atom is 0.0632 e. The summed E-state index contributed by atoms with van der Waals surface area (Å²) in [6.45, 7) is 5.50. The van der Waals surface area contributed by atoms with Gasteiger partial charge in [0, 0.05) is 18.8 Å². The monoisotopic (exact) mass is 271 g/mol. The Bertz CT molecular complexity index is 321. The molecule has 0 radical (unpaired) electrons. The van der Waals surface area contributed by atoms with Crippen LogP contribution in [0.1, 0.15) is 32.7 Å². The highest BCUT2D eigenvalue weighted by atomic mass is 79.9. The Kier molecular flexibility index (Phi) is 3.46. The molecular formula is C11H18BrN3. The Hall–Kier alpha value is -0.350. The van der Waals surface area contributed by atoms with Crippen molar-refractivity contribution in [3.63, 3.8) is 0 Å². The van der Waals surface area contributed by atoms with Crippen LogP contribution in [0, 0.1) is 5.92 Å². The third kappa shape index (κ3) is 2.61. The van der Waals surface area contributed by atoms with Crippen LogP contribution in [0.4, 0.5) is 0 Å². The van der Waals surface area contributed by atoms with Gasteiger partial charge in [0.05, 0.1) is 16.7 Å². The Morgan fingerprint density at radius 2 is 2.40 bits per heavy atom. The van der Waals surface area contributed by atoms with Crippen molar-refractivity contribution in [2.45, 2.75) is 38.8 Å². The summed E-state index contributed by atoms with van der Waals surface area (Å²) in [5.41, 5.74) is 0. The Morgan fingerprint density at radius 3 is 2.87 bits per heavy atom. The molecule has 1 aromatic heterocycles. The molecule has 84 valence electrons. The topological polar surface area (TPSA) is 29.9 Å². The maximum atomic E-state index is 4.36. The van der Waals surface area contributed by atoms with Crippen LogP contribution in [0.5, 0.6) is 0 Å². The number of rotatable bonds is 4. The van der Waals surface area contributed by atoms with Crippen molar-refractivity contribution in [1.29, 1.82) is 0 Å². The van der Waals surface area contributed by atoms with Crippen molar-refractivity contribution in [3.05, 3.63) is 16.9 Å². The number of nitrogens with zero attached hydrogens (tertiary/aromatic N) is 2. The first-order chi connectivity index (χ1) is 7.16. The van der Waals surface area contributed by atoms with E-state index in [9.17, 15) is 0 Å². The molecule has 1 fully saturated rings. The van der Waals surface area contributed by atoms with Gasteiger partial charge in [-0.2, -0.15) is 5.10 Å². The van der Waals surface area contributed by atoms with E-state index >= 15 is 0 Å². The van der Waals surface area contributed by atoms with Crippen LogP contribution in [0.25, 0.3) is 0 Å². The molecule has 2 unspecified atom stereocenters. The van der Waals surface area contributed by atoms with Crippen LogP contribution in [0.15, 0.2) is 16.9 Å². The van der Waals surface area contributed by atoms with Gasteiger partial charge in [-0.3, -0.25) is 4.68 Å². The highest BCUT2D eigenvalue weighted by Crippen LogP contribution is 2.37. The second-order valence-electron chi connectivity index (χ2n) is 4.61. The third-order valence-corrected chi connectivity index (χ3v) is 3.48. The van der Waals surface area contributed by atoms with Crippen LogP contribution in [-0.2, 0) is 0 Å². The summed E-state index contributed by atoms with van der Waals surface area (Å²) in [5.74, 6) is 0.749. The lowest BCUT2D eigenvalue weighted by atomic mass is 9.79. The maximum absolute atomic E-state index is 4.36. The Labute approximate surface area is 99.4 Å². The summed E-state index contributed by atoms with van der Waals surface area (Å²) < 4.78 is 3.17. The average Bonchev–Trinajstić information content (AvgIpc) is 2.49. The van der Waals surface area contributed by atoms with E-state index in [1.807, 2.05) is 6.20 Å². The first-order valence-electron chi connectivity index (χ1n) is 5.60. The lowest BCUT2D eigenvalue weighted by Crippen LogP contribution is -2.39. The predicted molar refractivity (Wildman–Crippen MR) is 64.8 cm³/mol. The summed E-state index contributed by atoms with van der Waals surface area (Å²) in [7, 11) is 0. The molecule has 1 aromatic rings. The Morgan fingerprint density at radius 1 is 1.60 bits per heavy atom. The summed E-state index contributed by atoms with van der Waals surface area (Å²) in [6, 6.07) is 1.18. The lowest BCUT2D eigenvalue weighted by molar-refractivity contribution is 0.160. The second-order valence-corrected chi connectivity index (χ2v) is 5.52. The number of hydrogen-bond donors (Lipinski definition) is 1. The zero-order valence-corrected chi connectivity index (χ0v) is 10.9. The number of aromatic nitrogens is 2. The fourth-order valence-electron chi connectivity index (χ4n) is 2.02. The van der Waals surface area contributed by atoms with Gasteiger partial charge < -0.3 is 5.32 Å². The summed E-state index contributed by atoms with van der Waals surface area (Å²) >= 11 is 3.44. The molecule has 2 atom stereocenters. The quantitative estimate of drug-likeness (QED) is 0.913. The normalized spacial score (nSPS) is 25.6. The van der Waals surface area contributed by atoms with Gasteiger partial charge in [0.1, 0.15) is 0 Å². The van der Waals surface area contributed by atoms with Gasteiger partial charge in [-0.05, 0) is 34.7 Å². The summed E-state index contributed by atoms with van der Waals surface area (Å²) in [4.78, 5) is 0. The molecule has 1 aliphatic carbocycles. The third-order valence-electron chi connectivity index (χ3n) is 3.08. The molecular weight excluding hydrogens is 254 g/mol. The molecule has 0 aromatic carbocycles. The minimum Gasteiger partial charge on any atom is -0.314 e. The van der Waals surface area contributed by atoms with E-state index in [4.69, 9.17) is 0 Å². The van der Waals surface area contributed by atoms with Crippen molar-refractivity contribution in [2.75, 3.05) is 6.54 Å². The Balaban J connectivity index is 1.89. The second kappa shape index (κ2) is 4.66. The smallest absolute Gasteiger partial charge is 0.0632 e.